The molecule has 0 bridgehead atoms. The molecule has 16 heavy (non-hydrogen) atoms. The minimum absolute atomic E-state index is 0.0395. The Balaban J connectivity index is 2.66. The van der Waals surface area contributed by atoms with Crippen molar-refractivity contribution >= 4 is 12.0 Å². The molecule has 0 heterocycles. The van der Waals surface area contributed by atoms with Crippen molar-refractivity contribution in [1.29, 1.82) is 0 Å². The summed E-state index contributed by atoms with van der Waals surface area (Å²) in [4.78, 5) is 13.1. The number of amides is 1. The van der Waals surface area contributed by atoms with Crippen LogP contribution in [0.25, 0.3) is 6.08 Å². The first-order chi connectivity index (χ1) is 7.61. The fourth-order valence-electron chi connectivity index (χ4n) is 1.29. The van der Waals surface area contributed by atoms with E-state index in [1.54, 1.807) is 19.0 Å². The zero-order valence-corrected chi connectivity index (χ0v) is 9.97. The molecular formula is C14H17NO. The average molecular weight is 215 g/mol. The first-order valence-corrected chi connectivity index (χ1v) is 5.23. The molecule has 2 heteroatoms. The van der Waals surface area contributed by atoms with Crippen molar-refractivity contribution in [3.8, 4) is 0 Å². The van der Waals surface area contributed by atoms with Gasteiger partial charge >= 0.3 is 0 Å². The molecule has 0 atom stereocenters. The highest BCUT2D eigenvalue weighted by Crippen LogP contribution is 2.03. The fraction of sp³-hybridized carbons (Fsp3) is 0.214. The summed E-state index contributed by atoms with van der Waals surface area (Å²) in [6.45, 7) is 1.82. The topological polar surface area (TPSA) is 20.3 Å². The molecule has 1 aromatic rings. The second-order valence-electron chi connectivity index (χ2n) is 3.82. The normalized spacial score (nSPS) is 11.8. The molecule has 2 nitrogen and oxygen atoms in total. The zero-order chi connectivity index (χ0) is 12.0. The van der Waals surface area contributed by atoms with Crippen LogP contribution in [0.5, 0.6) is 0 Å². The molecule has 1 rings (SSSR count). The zero-order valence-electron chi connectivity index (χ0n) is 9.97. The Kier molecular flexibility index (Phi) is 4.52. The van der Waals surface area contributed by atoms with Gasteiger partial charge < -0.3 is 4.90 Å². The van der Waals surface area contributed by atoms with E-state index in [2.05, 4.69) is 0 Å². The van der Waals surface area contributed by atoms with Gasteiger partial charge in [-0.2, -0.15) is 0 Å². The Morgan fingerprint density at radius 2 is 1.81 bits per heavy atom. The number of carbonyl (C=O) groups excluding carboxylic acids is 1. The Hall–Kier alpha value is -1.83. The predicted molar refractivity (Wildman–Crippen MR) is 67.9 cm³/mol. The number of rotatable bonds is 3. The van der Waals surface area contributed by atoms with Gasteiger partial charge in [-0.05, 0) is 12.5 Å². The van der Waals surface area contributed by atoms with Gasteiger partial charge in [0.05, 0.1) is 0 Å². The van der Waals surface area contributed by atoms with Gasteiger partial charge in [0.25, 0.3) is 0 Å². The lowest BCUT2D eigenvalue weighted by atomic mass is 10.2. The van der Waals surface area contributed by atoms with Crippen molar-refractivity contribution in [2.75, 3.05) is 14.1 Å². The third-order valence-corrected chi connectivity index (χ3v) is 2.18. The molecule has 1 amide bonds. The van der Waals surface area contributed by atoms with Crippen LogP contribution in [0.4, 0.5) is 0 Å². The van der Waals surface area contributed by atoms with Gasteiger partial charge in [0.2, 0.25) is 5.91 Å². The molecule has 84 valence electrons. The van der Waals surface area contributed by atoms with E-state index < -0.39 is 0 Å². The van der Waals surface area contributed by atoms with Gasteiger partial charge in [0, 0.05) is 19.7 Å². The second kappa shape index (κ2) is 5.91. The summed E-state index contributed by atoms with van der Waals surface area (Å²) in [5.74, 6) is 0.0395. The van der Waals surface area contributed by atoms with Crippen molar-refractivity contribution in [1.82, 2.24) is 4.90 Å². The molecule has 0 radical (unpaired) electrons. The van der Waals surface area contributed by atoms with Crippen LogP contribution >= 0.6 is 0 Å². The van der Waals surface area contributed by atoms with Crippen LogP contribution in [0.2, 0.25) is 0 Å². The van der Waals surface area contributed by atoms with Crippen LogP contribution < -0.4 is 0 Å². The molecule has 0 fully saturated rings. The molecular weight excluding hydrogens is 198 g/mol. The van der Waals surface area contributed by atoms with Gasteiger partial charge in [-0.1, -0.05) is 48.6 Å². The van der Waals surface area contributed by atoms with Crippen molar-refractivity contribution in [3.05, 3.63) is 53.6 Å². The van der Waals surface area contributed by atoms with E-state index >= 15 is 0 Å². The maximum absolute atomic E-state index is 11.5. The number of allylic oxidation sites excluding steroid dienone is 2. The average Bonchev–Trinajstić information content (AvgIpc) is 2.29. The molecule has 0 N–H and O–H groups in total. The maximum atomic E-state index is 11.5. The molecule has 0 saturated heterocycles. The lowest BCUT2D eigenvalue weighted by Crippen LogP contribution is -2.22. The number of hydrogen-bond acceptors (Lipinski definition) is 1. The van der Waals surface area contributed by atoms with E-state index in [0.717, 1.165) is 11.1 Å². The largest absolute Gasteiger partial charge is 0.345 e. The number of likely N-dealkylation sites (N-methyl/N-ethyl adjacent to an activating group) is 1. The van der Waals surface area contributed by atoms with Gasteiger partial charge in [0.1, 0.15) is 0 Å². The Morgan fingerprint density at radius 3 is 2.38 bits per heavy atom. The second-order valence-corrected chi connectivity index (χ2v) is 3.82. The third-order valence-electron chi connectivity index (χ3n) is 2.18. The van der Waals surface area contributed by atoms with Crippen LogP contribution in [0.3, 0.4) is 0 Å². The minimum Gasteiger partial charge on any atom is -0.345 e. The number of nitrogens with zero attached hydrogens (tertiary/aromatic N) is 1. The number of benzene rings is 1. The van der Waals surface area contributed by atoms with Crippen LogP contribution in [-0.4, -0.2) is 24.9 Å². The smallest absolute Gasteiger partial charge is 0.248 e. The van der Waals surface area contributed by atoms with Crippen molar-refractivity contribution in [2.45, 2.75) is 6.92 Å². The molecule has 0 aliphatic carbocycles. The van der Waals surface area contributed by atoms with Crippen molar-refractivity contribution in [3.63, 3.8) is 0 Å². The van der Waals surface area contributed by atoms with Gasteiger partial charge in [-0.25, -0.2) is 0 Å². The van der Waals surface area contributed by atoms with E-state index in [9.17, 15) is 4.79 Å². The summed E-state index contributed by atoms with van der Waals surface area (Å²) in [5, 5.41) is 0. The SMILES string of the molecule is C/C(=C\C=C\c1ccccc1)C(=O)N(C)C. The first-order valence-electron chi connectivity index (χ1n) is 5.23. The molecule has 0 aliphatic rings. The highest BCUT2D eigenvalue weighted by molar-refractivity contribution is 5.92. The van der Waals surface area contributed by atoms with Crippen LogP contribution in [0.1, 0.15) is 12.5 Å². The van der Waals surface area contributed by atoms with E-state index in [1.165, 1.54) is 0 Å². The lowest BCUT2D eigenvalue weighted by Gasteiger charge is -2.09. The van der Waals surface area contributed by atoms with Crippen LogP contribution in [0.15, 0.2) is 48.1 Å². The van der Waals surface area contributed by atoms with E-state index in [0.29, 0.717) is 0 Å². The summed E-state index contributed by atoms with van der Waals surface area (Å²) >= 11 is 0. The third kappa shape index (κ3) is 3.73. The number of hydrogen-bond donors (Lipinski definition) is 0. The summed E-state index contributed by atoms with van der Waals surface area (Å²) in [7, 11) is 3.50. The van der Waals surface area contributed by atoms with Crippen molar-refractivity contribution < 1.29 is 4.79 Å². The predicted octanol–water partition coefficient (Wildman–Crippen LogP) is 2.73. The van der Waals surface area contributed by atoms with E-state index in [4.69, 9.17) is 0 Å². The first kappa shape index (κ1) is 12.2. The van der Waals surface area contributed by atoms with Crippen LogP contribution in [-0.2, 0) is 4.79 Å². The van der Waals surface area contributed by atoms with Gasteiger partial charge in [-0.15, -0.1) is 0 Å². The molecule has 0 unspecified atom stereocenters. The summed E-state index contributed by atoms with van der Waals surface area (Å²) in [6.07, 6.45) is 5.70. The lowest BCUT2D eigenvalue weighted by molar-refractivity contribution is -0.124. The van der Waals surface area contributed by atoms with E-state index in [1.807, 2.05) is 55.5 Å². The standard InChI is InChI=1S/C14H17NO/c1-12(14(16)15(2)3)8-7-11-13-9-5-4-6-10-13/h4-11H,1-3H3/b11-7+,12-8+. The Labute approximate surface area is 96.9 Å². The number of carbonyl (C=O) groups is 1. The molecule has 0 aromatic heterocycles. The maximum Gasteiger partial charge on any atom is 0.248 e. The van der Waals surface area contributed by atoms with Crippen molar-refractivity contribution in [2.24, 2.45) is 0 Å². The molecule has 0 aliphatic heterocycles. The summed E-state index contributed by atoms with van der Waals surface area (Å²) in [5.41, 5.74) is 1.86. The Bertz CT molecular complexity index is 402. The monoisotopic (exact) mass is 215 g/mol. The van der Waals surface area contributed by atoms with E-state index in [-0.39, 0.29) is 5.91 Å². The quantitative estimate of drug-likeness (QED) is 0.561. The molecule has 1 aromatic carbocycles. The Morgan fingerprint density at radius 1 is 1.19 bits per heavy atom. The molecule has 0 saturated carbocycles. The van der Waals surface area contributed by atoms with Gasteiger partial charge in [-0.3, -0.25) is 4.79 Å². The minimum atomic E-state index is 0.0395. The molecule has 0 spiro atoms. The highest BCUT2D eigenvalue weighted by Gasteiger charge is 2.03. The fourth-order valence-corrected chi connectivity index (χ4v) is 1.29. The summed E-state index contributed by atoms with van der Waals surface area (Å²) < 4.78 is 0. The highest BCUT2D eigenvalue weighted by atomic mass is 16.2. The van der Waals surface area contributed by atoms with Crippen LogP contribution in [0, 0.1) is 0 Å². The summed E-state index contributed by atoms with van der Waals surface area (Å²) in [6, 6.07) is 10.00. The van der Waals surface area contributed by atoms with Gasteiger partial charge in [0.15, 0.2) is 0 Å².